The van der Waals surface area contributed by atoms with Crippen molar-refractivity contribution in [2.45, 2.75) is 19.1 Å². The van der Waals surface area contributed by atoms with Crippen molar-refractivity contribution in [1.82, 2.24) is 15.1 Å². The molecule has 2 aromatic rings. The largest absolute Gasteiger partial charge is 0.485 e. The van der Waals surface area contributed by atoms with Gasteiger partial charge in [0.15, 0.2) is 11.5 Å². The molecule has 1 aliphatic heterocycles. The Morgan fingerprint density at radius 3 is 3.00 bits per heavy atom. The van der Waals surface area contributed by atoms with E-state index in [0.717, 1.165) is 13.0 Å². The van der Waals surface area contributed by atoms with Crippen LogP contribution in [0.1, 0.15) is 6.42 Å². The van der Waals surface area contributed by atoms with Crippen molar-refractivity contribution in [1.29, 1.82) is 0 Å². The molecule has 6 heteroatoms. The third-order valence-electron chi connectivity index (χ3n) is 3.22. The molecule has 21 heavy (non-hydrogen) atoms. The Labute approximate surface area is 122 Å². The topological polar surface area (TPSA) is 65.4 Å². The normalized spacial score (nSPS) is 16.5. The minimum absolute atomic E-state index is 0.148. The van der Waals surface area contributed by atoms with E-state index in [1.807, 2.05) is 35.1 Å². The number of amides is 1. The van der Waals surface area contributed by atoms with E-state index in [1.165, 1.54) is 0 Å². The van der Waals surface area contributed by atoms with Gasteiger partial charge in [0.05, 0.1) is 0 Å². The first-order valence-electron chi connectivity index (χ1n) is 6.96. The van der Waals surface area contributed by atoms with Gasteiger partial charge in [0.1, 0.15) is 6.61 Å². The van der Waals surface area contributed by atoms with Crippen molar-refractivity contribution < 1.29 is 14.3 Å². The molecular weight excluding hydrogens is 270 g/mol. The van der Waals surface area contributed by atoms with E-state index in [4.69, 9.17) is 9.47 Å². The van der Waals surface area contributed by atoms with E-state index in [1.54, 1.807) is 12.3 Å². The zero-order chi connectivity index (χ0) is 14.5. The summed E-state index contributed by atoms with van der Waals surface area (Å²) in [7, 11) is 0. The number of benzene rings is 1. The van der Waals surface area contributed by atoms with Crippen LogP contribution in [0.3, 0.4) is 0 Å². The molecule has 1 amide bonds. The molecule has 1 aromatic carbocycles. The average Bonchev–Trinajstić information content (AvgIpc) is 3.04. The molecule has 1 aromatic heterocycles. The molecular formula is C15H17N3O3. The second-order valence-electron chi connectivity index (χ2n) is 4.78. The summed E-state index contributed by atoms with van der Waals surface area (Å²) in [6.07, 6.45) is 3.86. The van der Waals surface area contributed by atoms with Crippen LogP contribution in [-0.2, 0) is 11.3 Å². The van der Waals surface area contributed by atoms with Crippen LogP contribution < -0.4 is 14.8 Å². The maximum absolute atomic E-state index is 12.0. The number of rotatable bonds is 5. The molecule has 0 saturated heterocycles. The SMILES string of the molecule is O=C(NCCCn1cccn1)[C@H]1COc2ccccc2O1. The number of aromatic nitrogens is 2. The standard InChI is InChI=1S/C15H17N3O3/c19-15(16-7-3-9-18-10-4-8-17-18)14-11-20-12-5-1-2-6-13(12)21-14/h1-2,4-6,8,10,14H,3,7,9,11H2,(H,16,19)/t14-/m1/s1. The van der Waals surface area contributed by atoms with E-state index in [-0.39, 0.29) is 12.5 Å². The lowest BCUT2D eigenvalue weighted by Crippen LogP contribution is -2.44. The molecule has 0 aliphatic carbocycles. The van der Waals surface area contributed by atoms with Gasteiger partial charge in [-0.25, -0.2) is 0 Å². The fourth-order valence-corrected chi connectivity index (χ4v) is 2.15. The van der Waals surface area contributed by atoms with Crippen molar-refractivity contribution in [2.75, 3.05) is 13.2 Å². The van der Waals surface area contributed by atoms with Crippen molar-refractivity contribution in [2.24, 2.45) is 0 Å². The van der Waals surface area contributed by atoms with Crippen LogP contribution in [0, 0.1) is 0 Å². The molecule has 1 N–H and O–H groups in total. The lowest BCUT2D eigenvalue weighted by Gasteiger charge is -2.25. The van der Waals surface area contributed by atoms with Gasteiger partial charge in [-0.05, 0) is 24.6 Å². The van der Waals surface area contributed by atoms with Crippen LogP contribution in [0.4, 0.5) is 0 Å². The zero-order valence-corrected chi connectivity index (χ0v) is 11.6. The highest BCUT2D eigenvalue weighted by Gasteiger charge is 2.26. The summed E-state index contributed by atoms with van der Waals surface area (Å²) in [6, 6.07) is 9.23. The van der Waals surface area contributed by atoms with Gasteiger partial charge in [-0.1, -0.05) is 12.1 Å². The molecule has 0 saturated carbocycles. The number of para-hydroxylation sites is 2. The number of carbonyl (C=O) groups excluding carboxylic acids is 1. The zero-order valence-electron chi connectivity index (χ0n) is 11.6. The van der Waals surface area contributed by atoms with E-state index < -0.39 is 6.10 Å². The third-order valence-corrected chi connectivity index (χ3v) is 3.22. The molecule has 0 bridgehead atoms. The van der Waals surface area contributed by atoms with Gasteiger partial charge < -0.3 is 14.8 Å². The summed E-state index contributed by atoms with van der Waals surface area (Å²) in [5, 5.41) is 6.97. The lowest BCUT2D eigenvalue weighted by atomic mass is 10.2. The minimum atomic E-state index is -0.593. The van der Waals surface area contributed by atoms with Crippen LogP contribution >= 0.6 is 0 Å². The summed E-state index contributed by atoms with van der Waals surface area (Å²) < 4.78 is 13.0. The minimum Gasteiger partial charge on any atom is -0.485 e. The van der Waals surface area contributed by atoms with Gasteiger partial charge in [0.25, 0.3) is 5.91 Å². The molecule has 0 fully saturated rings. The molecule has 1 aliphatic rings. The summed E-state index contributed by atoms with van der Waals surface area (Å²) in [4.78, 5) is 12.0. The quantitative estimate of drug-likeness (QED) is 0.840. The summed E-state index contributed by atoms with van der Waals surface area (Å²) >= 11 is 0. The van der Waals surface area contributed by atoms with Crippen LogP contribution in [0.5, 0.6) is 11.5 Å². The van der Waals surface area contributed by atoms with Crippen molar-refractivity contribution in [3.05, 3.63) is 42.7 Å². The summed E-state index contributed by atoms with van der Waals surface area (Å²) in [5.74, 6) is 1.14. The molecule has 1 atom stereocenters. The van der Waals surface area contributed by atoms with Crippen LogP contribution in [-0.4, -0.2) is 34.9 Å². The monoisotopic (exact) mass is 287 g/mol. The number of carbonyl (C=O) groups is 1. The van der Waals surface area contributed by atoms with Gasteiger partial charge in [-0.3, -0.25) is 9.48 Å². The molecule has 110 valence electrons. The van der Waals surface area contributed by atoms with Crippen LogP contribution in [0.15, 0.2) is 42.7 Å². The maximum Gasteiger partial charge on any atom is 0.264 e. The Bertz CT molecular complexity index is 598. The Balaban J connectivity index is 1.44. The fraction of sp³-hybridized carbons (Fsp3) is 0.333. The number of hydrogen-bond acceptors (Lipinski definition) is 4. The second kappa shape index (κ2) is 6.30. The number of aryl methyl sites for hydroxylation is 1. The van der Waals surface area contributed by atoms with E-state index in [2.05, 4.69) is 10.4 Å². The number of nitrogens with one attached hydrogen (secondary N) is 1. The Morgan fingerprint density at radius 2 is 2.19 bits per heavy atom. The van der Waals surface area contributed by atoms with Crippen molar-refractivity contribution >= 4 is 5.91 Å². The number of hydrogen-bond donors (Lipinski definition) is 1. The van der Waals surface area contributed by atoms with Gasteiger partial charge in [0, 0.05) is 25.5 Å². The van der Waals surface area contributed by atoms with Gasteiger partial charge in [0.2, 0.25) is 6.10 Å². The van der Waals surface area contributed by atoms with Crippen molar-refractivity contribution in [3.8, 4) is 11.5 Å². The Hall–Kier alpha value is -2.50. The number of fused-ring (bicyclic) bond motifs is 1. The smallest absolute Gasteiger partial charge is 0.264 e. The van der Waals surface area contributed by atoms with E-state index in [9.17, 15) is 4.79 Å². The first-order chi connectivity index (χ1) is 10.3. The van der Waals surface area contributed by atoms with Gasteiger partial charge in [-0.15, -0.1) is 0 Å². The molecule has 3 rings (SSSR count). The lowest BCUT2D eigenvalue weighted by molar-refractivity contribution is -0.130. The van der Waals surface area contributed by atoms with Gasteiger partial charge >= 0.3 is 0 Å². The Morgan fingerprint density at radius 1 is 1.33 bits per heavy atom. The predicted molar refractivity (Wildman–Crippen MR) is 76.2 cm³/mol. The first kappa shape index (κ1) is 13.5. The van der Waals surface area contributed by atoms with Crippen LogP contribution in [0.25, 0.3) is 0 Å². The maximum atomic E-state index is 12.0. The Kier molecular flexibility index (Phi) is 4.04. The summed E-state index contributed by atoms with van der Waals surface area (Å²) in [6.45, 7) is 1.60. The molecule has 0 spiro atoms. The van der Waals surface area contributed by atoms with Gasteiger partial charge in [-0.2, -0.15) is 5.10 Å². The first-order valence-corrected chi connectivity index (χ1v) is 6.96. The predicted octanol–water partition coefficient (Wildman–Crippen LogP) is 1.23. The molecule has 0 unspecified atom stereocenters. The number of nitrogens with zero attached hydrogens (tertiary/aromatic N) is 2. The highest BCUT2D eigenvalue weighted by Crippen LogP contribution is 2.30. The van der Waals surface area contributed by atoms with E-state index in [0.29, 0.717) is 18.0 Å². The summed E-state index contributed by atoms with van der Waals surface area (Å²) in [5.41, 5.74) is 0. The van der Waals surface area contributed by atoms with E-state index >= 15 is 0 Å². The fourth-order valence-electron chi connectivity index (χ4n) is 2.15. The third kappa shape index (κ3) is 3.34. The van der Waals surface area contributed by atoms with Crippen LogP contribution in [0.2, 0.25) is 0 Å². The van der Waals surface area contributed by atoms with Crippen molar-refractivity contribution in [3.63, 3.8) is 0 Å². The number of ether oxygens (including phenoxy) is 2. The average molecular weight is 287 g/mol. The molecule has 6 nitrogen and oxygen atoms in total. The molecule has 2 heterocycles. The highest BCUT2D eigenvalue weighted by molar-refractivity contribution is 5.81. The highest BCUT2D eigenvalue weighted by atomic mass is 16.6. The second-order valence-corrected chi connectivity index (χ2v) is 4.78. The molecule has 0 radical (unpaired) electrons.